The average Bonchev–Trinajstić information content (AvgIpc) is 2.14. The van der Waals surface area contributed by atoms with Gasteiger partial charge in [0.15, 0.2) is 0 Å². The molecule has 0 radical (unpaired) electrons. The van der Waals surface area contributed by atoms with Crippen molar-refractivity contribution in [3.8, 4) is 0 Å². The Morgan fingerprint density at radius 1 is 0.778 bits per heavy atom. The Kier molecular flexibility index (Phi) is 8.30. The smallest absolute Gasteiger partial charge is 0.371 e. The van der Waals surface area contributed by atoms with Crippen LogP contribution in [0.4, 0.5) is 0 Å². The van der Waals surface area contributed by atoms with Crippen molar-refractivity contribution in [1.29, 1.82) is 0 Å². The van der Waals surface area contributed by atoms with Gasteiger partial charge in [-0.1, -0.05) is 6.92 Å². The van der Waals surface area contributed by atoms with Crippen molar-refractivity contribution >= 4 is 8.80 Å². The summed E-state index contributed by atoms with van der Waals surface area (Å²) in [6.45, 7) is 14.9. The number of hydrogen-bond donors (Lipinski definition) is 1. The van der Waals surface area contributed by atoms with E-state index >= 15 is 0 Å². The molecule has 0 bridgehead atoms. The van der Waals surface area contributed by atoms with E-state index in [9.17, 15) is 0 Å². The maximum atomic E-state index is 6.11. The molecule has 0 saturated heterocycles. The molecular formula is C13H31NO3Si. The van der Waals surface area contributed by atoms with E-state index in [0.717, 1.165) is 6.42 Å². The average molecular weight is 277 g/mol. The highest BCUT2D eigenvalue weighted by Gasteiger charge is 2.49. The lowest BCUT2D eigenvalue weighted by molar-refractivity contribution is -0.00428. The molecule has 5 heteroatoms. The molecule has 0 aliphatic heterocycles. The van der Waals surface area contributed by atoms with Crippen LogP contribution in [0.1, 0.15) is 54.9 Å². The summed E-state index contributed by atoms with van der Waals surface area (Å²) in [7, 11) is -2.69. The lowest BCUT2D eigenvalue weighted by atomic mass is 10.3. The summed E-state index contributed by atoms with van der Waals surface area (Å²) in [5.41, 5.74) is 5.89. The second-order valence-electron chi connectivity index (χ2n) is 5.58. The molecule has 0 aromatic heterocycles. The van der Waals surface area contributed by atoms with E-state index in [1.165, 1.54) is 0 Å². The molecule has 0 aliphatic carbocycles. The first-order valence-corrected chi connectivity index (χ1v) is 8.77. The summed E-state index contributed by atoms with van der Waals surface area (Å²) in [4.78, 5) is 0. The van der Waals surface area contributed by atoms with Gasteiger partial charge in [0, 0.05) is 23.9 Å². The minimum Gasteiger partial charge on any atom is -0.371 e. The first-order valence-electron chi connectivity index (χ1n) is 6.97. The third kappa shape index (κ3) is 6.29. The van der Waals surface area contributed by atoms with Crippen molar-refractivity contribution in [1.82, 2.24) is 0 Å². The van der Waals surface area contributed by atoms with Crippen LogP contribution < -0.4 is 5.73 Å². The normalized spacial score (nSPS) is 14.8. The Bertz CT molecular complexity index is 196. The van der Waals surface area contributed by atoms with E-state index in [-0.39, 0.29) is 23.9 Å². The number of hydrogen-bond acceptors (Lipinski definition) is 4. The van der Waals surface area contributed by atoms with Gasteiger partial charge in [0.1, 0.15) is 0 Å². The molecule has 0 rings (SSSR count). The molecule has 0 aromatic carbocycles. The SMILES string of the molecule is CC(C)O[Si](OC(C)C)(OC(C)C)C(C)CCN. The summed E-state index contributed by atoms with van der Waals surface area (Å²) in [5.74, 6) is 0. The lowest BCUT2D eigenvalue weighted by Gasteiger charge is -2.38. The van der Waals surface area contributed by atoms with Gasteiger partial charge in [-0.2, -0.15) is 0 Å². The molecule has 2 N–H and O–H groups in total. The molecule has 110 valence electrons. The van der Waals surface area contributed by atoms with E-state index in [0.29, 0.717) is 6.54 Å². The second-order valence-corrected chi connectivity index (χ2v) is 8.48. The molecule has 1 unspecified atom stereocenters. The van der Waals surface area contributed by atoms with Gasteiger partial charge in [-0.25, -0.2) is 0 Å². The predicted octanol–water partition coefficient (Wildman–Crippen LogP) is 2.94. The molecule has 0 aromatic rings. The number of rotatable bonds is 9. The predicted molar refractivity (Wildman–Crippen MR) is 77.5 cm³/mol. The summed E-state index contributed by atoms with van der Waals surface area (Å²) in [6, 6.07) is 0. The standard InChI is InChI=1S/C13H31NO3Si/c1-10(2)15-18(16-11(3)4,17-12(5)6)13(7)8-9-14/h10-13H,8-9,14H2,1-7H3. The molecule has 0 spiro atoms. The Balaban J connectivity index is 5.09. The Morgan fingerprint density at radius 2 is 1.11 bits per heavy atom. The molecule has 0 aliphatic rings. The van der Waals surface area contributed by atoms with E-state index in [2.05, 4.69) is 6.92 Å². The van der Waals surface area contributed by atoms with E-state index in [1.807, 2.05) is 41.5 Å². The van der Waals surface area contributed by atoms with Crippen LogP contribution in [0.15, 0.2) is 0 Å². The molecule has 0 fully saturated rings. The van der Waals surface area contributed by atoms with Crippen LogP contribution in [-0.2, 0) is 13.3 Å². The molecule has 1 atom stereocenters. The summed E-state index contributed by atoms with van der Waals surface area (Å²) in [6.07, 6.45) is 1.14. The van der Waals surface area contributed by atoms with Gasteiger partial charge < -0.3 is 19.0 Å². The minimum absolute atomic E-state index is 0.0920. The van der Waals surface area contributed by atoms with E-state index in [4.69, 9.17) is 19.0 Å². The second kappa shape index (κ2) is 8.27. The molecule has 0 heterocycles. The summed E-state index contributed by atoms with van der Waals surface area (Å²) >= 11 is 0. The zero-order valence-corrected chi connectivity index (χ0v) is 14.0. The third-order valence-electron chi connectivity index (χ3n) is 2.40. The third-order valence-corrected chi connectivity index (χ3v) is 6.30. The van der Waals surface area contributed by atoms with Crippen LogP contribution in [-0.4, -0.2) is 33.7 Å². The first-order chi connectivity index (χ1) is 8.23. The van der Waals surface area contributed by atoms with Crippen molar-refractivity contribution < 1.29 is 13.3 Å². The largest absolute Gasteiger partial charge is 0.504 e. The fourth-order valence-corrected chi connectivity index (χ4v) is 5.20. The maximum Gasteiger partial charge on any atom is 0.504 e. The van der Waals surface area contributed by atoms with Crippen LogP contribution in [0.3, 0.4) is 0 Å². The topological polar surface area (TPSA) is 53.7 Å². The van der Waals surface area contributed by atoms with Gasteiger partial charge in [0.2, 0.25) is 0 Å². The number of nitrogens with two attached hydrogens (primary N) is 1. The highest BCUT2D eigenvalue weighted by Crippen LogP contribution is 2.31. The Labute approximate surface area is 114 Å². The van der Waals surface area contributed by atoms with Crippen molar-refractivity contribution in [2.24, 2.45) is 5.73 Å². The monoisotopic (exact) mass is 277 g/mol. The highest BCUT2D eigenvalue weighted by atomic mass is 28.4. The zero-order chi connectivity index (χ0) is 14.3. The van der Waals surface area contributed by atoms with Crippen molar-refractivity contribution in [2.75, 3.05) is 6.54 Å². The Hall–Kier alpha value is 0.0569. The fourth-order valence-electron chi connectivity index (χ4n) is 1.84. The molecule has 0 saturated carbocycles. The molecule has 4 nitrogen and oxygen atoms in total. The quantitative estimate of drug-likeness (QED) is 0.658. The maximum absolute atomic E-state index is 6.11. The van der Waals surface area contributed by atoms with Crippen molar-refractivity contribution in [3.05, 3.63) is 0 Å². The van der Waals surface area contributed by atoms with Gasteiger partial charge >= 0.3 is 8.80 Å². The van der Waals surface area contributed by atoms with Gasteiger partial charge in [-0.3, -0.25) is 0 Å². The summed E-state index contributed by atoms with van der Waals surface area (Å²) < 4.78 is 18.3. The molecular weight excluding hydrogens is 246 g/mol. The Morgan fingerprint density at radius 3 is 1.33 bits per heavy atom. The van der Waals surface area contributed by atoms with Crippen LogP contribution in [0.25, 0.3) is 0 Å². The highest BCUT2D eigenvalue weighted by molar-refractivity contribution is 6.62. The minimum atomic E-state index is -2.69. The fraction of sp³-hybridized carbons (Fsp3) is 1.00. The van der Waals surface area contributed by atoms with Crippen molar-refractivity contribution in [2.45, 2.75) is 78.7 Å². The molecule has 18 heavy (non-hydrogen) atoms. The van der Waals surface area contributed by atoms with E-state index < -0.39 is 8.80 Å². The molecule has 0 amide bonds. The van der Waals surface area contributed by atoms with Gasteiger partial charge in [0.05, 0.1) is 0 Å². The van der Waals surface area contributed by atoms with Gasteiger partial charge in [-0.05, 0) is 54.5 Å². The van der Waals surface area contributed by atoms with Crippen LogP contribution in [0, 0.1) is 0 Å². The van der Waals surface area contributed by atoms with Crippen LogP contribution in [0.2, 0.25) is 5.54 Å². The van der Waals surface area contributed by atoms with Crippen LogP contribution >= 0.6 is 0 Å². The summed E-state index contributed by atoms with van der Waals surface area (Å²) in [5, 5.41) is 0. The van der Waals surface area contributed by atoms with Crippen LogP contribution in [0.5, 0.6) is 0 Å². The van der Waals surface area contributed by atoms with Crippen molar-refractivity contribution in [3.63, 3.8) is 0 Å². The van der Waals surface area contributed by atoms with E-state index in [1.54, 1.807) is 0 Å². The van der Waals surface area contributed by atoms with Gasteiger partial charge in [0.25, 0.3) is 0 Å². The first kappa shape index (κ1) is 18.1. The van der Waals surface area contributed by atoms with Gasteiger partial charge in [-0.15, -0.1) is 0 Å². The zero-order valence-electron chi connectivity index (χ0n) is 13.0. The lowest BCUT2D eigenvalue weighted by Crippen LogP contribution is -2.54.